The summed E-state index contributed by atoms with van der Waals surface area (Å²) in [6, 6.07) is 4.22. The Balaban J connectivity index is 1.80. The molecule has 18 heavy (non-hydrogen) atoms. The first-order valence-electron chi connectivity index (χ1n) is 6.15. The minimum Gasteiger partial charge on any atom is -0.357 e. The SMILES string of the molecule is Brc1cnc(-c2ccc(N3CCCCC3)nc2)s1. The van der Waals surface area contributed by atoms with Crippen LogP contribution in [-0.4, -0.2) is 23.1 Å². The Kier molecular flexibility index (Phi) is 3.61. The van der Waals surface area contributed by atoms with Gasteiger partial charge in [-0.3, -0.25) is 0 Å². The van der Waals surface area contributed by atoms with Crippen LogP contribution in [0.5, 0.6) is 0 Å². The number of piperidine rings is 1. The fraction of sp³-hybridized carbons (Fsp3) is 0.385. The molecule has 94 valence electrons. The fourth-order valence-electron chi connectivity index (χ4n) is 2.21. The first kappa shape index (κ1) is 12.1. The summed E-state index contributed by atoms with van der Waals surface area (Å²) in [6.45, 7) is 2.27. The van der Waals surface area contributed by atoms with E-state index in [1.54, 1.807) is 11.3 Å². The number of halogens is 1. The van der Waals surface area contributed by atoms with Crippen LogP contribution in [0, 0.1) is 0 Å². The second-order valence-corrected chi connectivity index (χ2v) is 6.83. The van der Waals surface area contributed by atoms with E-state index < -0.39 is 0 Å². The zero-order chi connectivity index (χ0) is 12.4. The first-order chi connectivity index (χ1) is 8.83. The van der Waals surface area contributed by atoms with Crippen molar-refractivity contribution in [2.24, 2.45) is 0 Å². The predicted molar refractivity (Wildman–Crippen MR) is 79.1 cm³/mol. The summed E-state index contributed by atoms with van der Waals surface area (Å²) in [6.07, 6.45) is 7.67. The number of aromatic nitrogens is 2. The van der Waals surface area contributed by atoms with Crippen molar-refractivity contribution in [1.29, 1.82) is 0 Å². The highest BCUT2D eigenvalue weighted by molar-refractivity contribution is 9.11. The van der Waals surface area contributed by atoms with Crippen LogP contribution in [0.25, 0.3) is 10.6 Å². The van der Waals surface area contributed by atoms with E-state index in [-0.39, 0.29) is 0 Å². The molecule has 1 aliphatic heterocycles. The van der Waals surface area contributed by atoms with Crippen molar-refractivity contribution in [2.75, 3.05) is 18.0 Å². The second kappa shape index (κ2) is 5.36. The Morgan fingerprint density at radius 3 is 2.50 bits per heavy atom. The van der Waals surface area contributed by atoms with E-state index in [9.17, 15) is 0 Å². The normalized spacial score (nSPS) is 15.9. The van der Waals surface area contributed by atoms with Crippen molar-refractivity contribution >= 4 is 33.1 Å². The third kappa shape index (κ3) is 2.57. The standard InChI is InChI=1S/C13H14BrN3S/c14-11-9-16-13(18-11)10-4-5-12(15-8-10)17-6-2-1-3-7-17/h4-5,8-9H,1-3,6-7H2. The maximum absolute atomic E-state index is 4.57. The van der Waals surface area contributed by atoms with Gasteiger partial charge in [-0.05, 0) is 47.3 Å². The zero-order valence-electron chi connectivity index (χ0n) is 9.97. The van der Waals surface area contributed by atoms with Crippen LogP contribution in [0.3, 0.4) is 0 Å². The predicted octanol–water partition coefficient (Wildman–Crippen LogP) is 3.96. The minimum atomic E-state index is 1.01. The minimum absolute atomic E-state index is 1.01. The van der Waals surface area contributed by atoms with Gasteiger partial charge in [-0.2, -0.15) is 0 Å². The van der Waals surface area contributed by atoms with E-state index in [0.717, 1.165) is 33.3 Å². The molecule has 0 bridgehead atoms. The van der Waals surface area contributed by atoms with Crippen LogP contribution in [0.4, 0.5) is 5.82 Å². The maximum atomic E-state index is 4.57. The van der Waals surface area contributed by atoms with Gasteiger partial charge in [-0.25, -0.2) is 9.97 Å². The van der Waals surface area contributed by atoms with E-state index in [1.165, 1.54) is 19.3 Å². The molecule has 0 unspecified atom stereocenters. The molecule has 1 fully saturated rings. The zero-order valence-corrected chi connectivity index (χ0v) is 12.4. The summed E-state index contributed by atoms with van der Waals surface area (Å²) >= 11 is 5.07. The van der Waals surface area contributed by atoms with Crippen molar-refractivity contribution in [3.05, 3.63) is 28.3 Å². The third-order valence-electron chi connectivity index (χ3n) is 3.15. The van der Waals surface area contributed by atoms with E-state index in [0.29, 0.717) is 0 Å². The highest BCUT2D eigenvalue weighted by Gasteiger charge is 2.12. The Hall–Kier alpha value is -0.940. The van der Waals surface area contributed by atoms with Gasteiger partial charge < -0.3 is 4.90 Å². The van der Waals surface area contributed by atoms with Crippen molar-refractivity contribution in [3.63, 3.8) is 0 Å². The number of hydrogen-bond donors (Lipinski definition) is 0. The molecule has 2 aromatic heterocycles. The number of pyridine rings is 1. The van der Waals surface area contributed by atoms with E-state index in [4.69, 9.17) is 0 Å². The molecule has 0 atom stereocenters. The van der Waals surface area contributed by atoms with Gasteiger partial charge in [0.15, 0.2) is 0 Å². The van der Waals surface area contributed by atoms with Gasteiger partial charge in [0, 0.05) is 24.8 Å². The highest BCUT2D eigenvalue weighted by Crippen LogP contribution is 2.29. The maximum Gasteiger partial charge on any atom is 0.128 e. The van der Waals surface area contributed by atoms with Gasteiger partial charge in [-0.1, -0.05) is 0 Å². The topological polar surface area (TPSA) is 29.0 Å². The van der Waals surface area contributed by atoms with Gasteiger partial charge in [-0.15, -0.1) is 11.3 Å². The lowest BCUT2D eigenvalue weighted by Crippen LogP contribution is -2.29. The monoisotopic (exact) mass is 323 g/mol. The van der Waals surface area contributed by atoms with Gasteiger partial charge in [0.1, 0.15) is 10.8 Å². The lowest BCUT2D eigenvalue weighted by molar-refractivity contribution is 0.573. The van der Waals surface area contributed by atoms with Crippen LogP contribution < -0.4 is 4.90 Å². The summed E-state index contributed by atoms with van der Waals surface area (Å²) in [7, 11) is 0. The molecule has 0 saturated carbocycles. The molecular formula is C13H14BrN3S. The van der Waals surface area contributed by atoms with Gasteiger partial charge in [0.05, 0.1) is 9.98 Å². The average molecular weight is 324 g/mol. The molecular weight excluding hydrogens is 310 g/mol. The van der Waals surface area contributed by atoms with Gasteiger partial charge in [0.25, 0.3) is 0 Å². The Morgan fingerprint density at radius 2 is 1.89 bits per heavy atom. The van der Waals surface area contributed by atoms with Crippen LogP contribution in [0.2, 0.25) is 0 Å². The molecule has 0 aromatic carbocycles. The van der Waals surface area contributed by atoms with Crippen molar-refractivity contribution < 1.29 is 0 Å². The van der Waals surface area contributed by atoms with Gasteiger partial charge in [0.2, 0.25) is 0 Å². The summed E-state index contributed by atoms with van der Waals surface area (Å²) in [5.41, 5.74) is 1.09. The van der Waals surface area contributed by atoms with E-state index in [1.807, 2.05) is 12.4 Å². The Bertz CT molecular complexity index is 517. The lowest BCUT2D eigenvalue weighted by atomic mass is 10.1. The van der Waals surface area contributed by atoms with Crippen molar-refractivity contribution in [2.45, 2.75) is 19.3 Å². The number of rotatable bonds is 2. The molecule has 3 rings (SSSR count). The molecule has 5 heteroatoms. The van der Waals surface area contributed by atoms with Gasteiger partial charge >= 0.3 is 0 Å². The summed E-state index contributed by atoms with van der Waals surface area (Å²) < 4.78 is 1.05. The fourth-order valence-corrected chi connectivity index (χ4v) is 3.41. The largest absolute Gasteiger partial charge is 0.357 e. The molecule has 0 N–H and O–H groups in total. The summed E-state index contributed by atoms with van der Waals surface area (Å²) in [5, 5.41) is 1.01. The second-order valence-electron chi connectivity index (χ2n) is 4.42. The smallest absolute Gasteiger partial charge is 0.128 e. The van der Waals surface area contributed by atoms with Crippen LogP contribution in [0.1, 0.15) is 19.3 Å². The molecule has 2 aromatic rings. The molecule has 0 amide bonds. The van der Waals surface area contributed by atoms with Crippen LogP contribution in [-0.2, 0) is 0 Å². The molecule has 0 spiro atoms. The first-order valence-corrected chi connectivity index (χ1v) is 7.76. The molecule has 3 heterocycles. The van der Waals surface area contributed by atoms with Crippen LogP contribution in [0.15, 0.2) is 28.3 Å². The average Bonchev–Trinajstić information content (AvgIpc) is 2.87. The Labute approximate surface area is 119 Å². The molecule has 1 saturated heterocycles. The molecule has 3 nitrogen and oxygen atoms in total. The summed E-state index contributed by atoms with van der Waals surface area (Å²) in [4.78, 5) is 11.3. The number of thiazole rings is 1. The quantitative estimate of drug-likeness (QED) is 0.837. The van der Waals surface area contributed by atoms with E-state index >= 15 is 0 Å². The molecule has 0 aliphatic carbocycles. The number of nitrogens with zero attached hydrogens (tertiary/aromatic N) is 3. The highest BCUT2D eigenvalue weighted by atomic mass is 79.9. The lowest BCUT2D eigenvalue weighted by Gasteiger charge is -2.27. The van der Waals surface area contributed by atoms with Crippen molar-refractivity contribution in [1.82, 2.24) is 9.97 Å². The molecule has 0 radical (unpaired) electrons. The number of anilines is 1. The molecule has 1 aliphatic rings. The van der Waals surface area contributed by atoms with Crippen molar-refractivity contribution in [3.8, 4) is 10.6 Å². The van der Waals surface area contributed by atoms with E-state index in [2.05, 4.69) is 42.9 Å². The summed E-state index contributed by atoms with van der Waals surface area (Å²) in [5.74, 6) is 1.09. The van der Waals surface area contributed by atoms with Crippen LogP contribution >= 0.6 is 27.3 Å². The Morgan fingerprint density at radius 1 is 1.06 bits per heavy atom. The third-order valence-corrected chi connectivity index (χ3v) is 4.68. The number of hydrogen-bond acceptors (Lipinski definition) is 4.